The largest absolute Gasteiger partial charge is 0.440 e. The zero-order chi connectivity index (χ0) is 17.9. The lowest BCUT2D eigenvalue weighted by atomic mass is 10.2. The molecule has 0 saturated carbocycles. The summed E-state index contributed by atoms with van der Waals surface area (Å²) in [6.07, 6.45) is 1.65. The van der Waals surface area contributed by atoms with Crippen molar-refractivity contribution in [3.8, 4) is 16.5 Å². The van der Waals surface area contributed by atoms with Crippen LogP contribution in [0.2, 0.25) is 0 Å². The van der Waals surface area contributed by atoms with Crippen molar-refractivity contribution in [2.45, 2.75) is 13.3 Å². The topological polar surface area (TPSA) is 98.7 Å². The number of carbonyl (C=O) groups is 1. The Hall–Kier alpha value is -3.33. The maximum Gasteiger partial charge on any atom is 0.236 e. The number of aromatic nitrogens is 5. The van der Waals surface area contributed by atoms with Gasteiger partial charge in [-0.1, -0.05) is 6.07 Å². The normalized spacial score (nSPS) is 10.8. The van der Waals surface area contributed by atoms with Gasteiger partial charge in [0.15, 0.2) is 0 Å². The molecular weight excluding hydrogens is 352 g/mol. The SMILES string of the molecule is Cc1oc(-c2cccs2)nc1CC(=O)Nc1ccc(-n2cnnn2)cc1. The van der Waals surface area contributed by atoms with E-state index < -0.39 is 0 Å². The maximum atomic E-state index is 12.3. The zero-order valence-corrected chi connectivity index (χ0v) is 14.6. The number of amides is 1. The number of hydrogen-bond donors (Lipinski definition) is 1. The minimum Gasteiger partial charge on any atom is -0.440 e. The predicted octanol–water partition coefficient (Wildman–Crippen LogP) is 2.87. The second-order valence-electron chi connectivity index (χ2n) is 5.53. The van der Waals surface area contributed by atoms with Crippen molar-refractivity contribution in [3.05, 3.63) is 59.6 Å². The van der Waals surface area contributed by atoms with Crippen LogP contribution < -0.4 is 5.32 Å². The van der Waals surface area contributed by atoms with E-state index >= 15 is 0 Å². The number of oxazole rings is 1. The molecule has 9 heteroatoms. The number of nitrogens with zero attached hydrogens (tertiary/aromatic N) is 5. The molecule has 130 valence electrons. The Morgan fingerprint density at radius 1 is 1.27 bits per heavy atom. The lowest BCUT2D eigenvalue weighted by molar-refractivity contribution is -0.115. The third kappa shape index (κ3) is 3.38. The molecule has 8 nitrogen and oxygen atoms in total. The molecular formula is C17H14N6O2S. The molecule has 1 N–H and O–H groups in total. The molecule has 0 aliphatic heterocycles. The number of hydrogen-bond acceptors (Lipinski definition) is 7. The highest BCUT2D eigenvalue weighted by molar-refractivity contribution is 7.13. The third-order valence-electron chi connectivity index (χ3n) is 3.72. The Balaban J connectivity index is 1.43. The molecule has 1 aromatic carbocycles. The predicted molar refractivity (Wildman–Crippen MR) is 96.0 cm³/mol. The third-order valence-corrected chi connectivity index (χ3v) is 4.58. The fourth-order valence-electron chi connectivity index (χ4n) is 2.43. The minimum absolute atomic E-state index is 0.148. The van der Waals surface area contributed by atoms with Crippen molar-refractivity contribution in [3.63, 3.8) is 0 Å². The molecule has 3 aromatic heterocycles. The van der Waals surface area contributed by atoms with Gasteiger partial charge in [0.2, 0.25) is 11.8 Å². The van der Waals surface area contributed by atoms with Gasteiger partial charge in [-0.05, 0) is 53.1 Å². The van der Waals surface area contributed by atoms with Crippen LogP contribution in [-0.4, -0.2) is 31.1 Å². The standard InChI is InChI=1S/C17H14N6O2S/c1-11-14(20-17(25-11)15-3-2-8-26-15)9-16(24)19-12-4-6-13(7-5-12)23-10-18-21-22-23/h2-8,10H,9H2,1H3,(H,19,24). The first-order valence-corrected chi connectivity index (χ1v) is 8.70. The highest BCUT2D eigenvalue weighted by atomic mass is 32.1. The Labute approximate surface area is 152 Å². The number of benzene rings is 1. The van der Waals surface area contributed by atoms with Crippen LogP contribution >= 0.6 is 11.3 Å². The summed E-state index contributed by atoms with van der Waals surface area (Å²) >= 11 is 1.55. The van der Waals surface area contributed by atoms with E-state index in [0.29, 0.717) is 23.0 Å². The van der Waals surface area contributed by atoms with E-state index in [-0.39, 0.29) is 12.3 Å². The monoisotopic (exact) mass is 366 g/mol. The number of tetrazole rings is 1. The van der Waals surface area contributed by atoms with Crippen LogP contribution in [0.4, 0.5) is 5.69 Å². The summed E-state index contributed by atoms with van der Waals surface area (Å²) in [5.41, 5.74) is 2.13. The quantitative estimate of drug-likeness (QED) is 0.583. The van der Waals surface area contributed by atoms with Crippen molar-refractivity contribution < 1.29 is 9.21 Å². The second kappa shape index (κ2) is 6.89. The van der Waals surface area contributed by atoms with Crippen LogP contribution in [-0.2, 0) is 11.2 Å². The summed E-state index contributed by atoms with van der Waals surface area (Å²) in [4.78, 5) is 17.7. The van der Waals surface area contributed by atoms with Gasteiger partial charge in [-0.15, -0.1) is 16.4 Å². The van der Waals surface area contributed by atoms with Crippen LogP contribution in [0.1, 0.15) is 11.5 Å². The second-order valence-corrected chi connectivity index (χ2v) is 6.47. The lowest BCUT2D eigenvalue weighted by Crippen LogP contribution is -2.15. The molecule has 0 aliphatic rings. The van der Waals surface area contributed by atoms with Crippen molar-refractivity contribution >= 4 is 22.9 Å². The van der Waals surface area contributed by atoms with Gasteiger partial charge in [-0.3, -0.25) is 4.79 Å². The zero-order valence-electron chi connectivity index (χ0n) is 13.8. The van der Waals surface area contributed by atoms with Crippen molar-refractivity contribution in [2.75, 3.05) is 5.32 Å². The van der Waals surface area contributed by atoms with Gasteiger partial charge >= 0.3 is 0 Å². The van der Waals surface area contributed by atoms with E-state index in [1.54, 1.807) is 23.5 Å². The molecule has 0 bridgehead atoms. The van der Waals surface area contributed by atoms with E-state index in [9.17, 15) is 4.79 Å². The summed E-state index contributed by atoms with van der Waals surface area (Å²) in [6, 6.07) is 11.1. The first-order valence-electron chi connectivity index (χ1n) is 7.82. The van der Waals surface area contributed by atoms with Crippen LogP contribution in [0, 0.1) is 6.92 Å². The molecule has 0 unspecified atom stereocenters. The molecule has 0 atom stereocenters. The Kier molecular flexibility index (Phi) is 4.28. The number of rotatable bonds is 5. The number of carbonyl (C=O) groups excluding carboxylic acids is 1. The first kappa shape index (κ1) is 16.2. The summed E-state index contributed by atoms with van der Waals surface area (Å²) in [5, 5.41) is 15.8. The average molecular weight is 366 g/mol. The Morgan fingerprint density at radius 3 is 2.81 bits per heavy atom. The smallest absolute Gasteiger partial charge is 0.236 e. The van der Waals surface area contributed by atoms with Crippen molar-refractivity contribution in [1.82, 2.24) is 25.2 Å². The number of anilines is 1. The fraction of sp³-hybridized carbons (Fsp3) is 0.118. The summed E-state index contributed by atoms with van der Waals surface area (Å²) in [7, 11) is 0. The Bertz CT molecular complexity index is 1010. The van der Waals surface area contributed by atoms with E-state index in [4.69, 9.17) is 4.42 Å². The molecule has 0 spiro atoms. The van der Waals surface area contributed by atoms with Gasteiger partial charge in [0.05, 0.1) is 22.7 Å². The summed E-state index contributed by atoms with van der Waals surface area (Å²) < 4.78 is 7.20. The van der Waals surface area contributed by atoms with Gasteiger partial charge in [0, 0.05) is 5.69 Å². The summed E-state index contributed by atoms with van der Waals surface area (Å²) in [5.74, 6) is 1.04. The number of nitrogens with one attached hydrogen (secondary N) is 1. The average Bonchev–Trinajstić information content (AvgIpc) is 3.38. The van der Waals surface area contributed by atoms with Gasteiger partial charge < -0.3 is 9.73 Å². The van der Waals surface area contributed by atoms with Crippen LogP contribution in [0.5, 0.6) is 0 Å². The van der Waals surface area contributed by atoms with E-state index in [0.717, 1.165) is 10.6 Å². The van der Waals surface area contributed by atoms with Gasteiger partial charge in [0.1, 0.15) is 12.1 Å². The van der Waals surface area contributed by atoms with Gasteiger partial charge in [-0.25, -0.2) is 9.67 Å². The maximum absolute atomic E-state index is 12.3. The molecule has 1 amide bonds. The van der Waals surface area contributed by atoms with Crippen LogP contribution in [0.3, 0.4) is 0 Å². The highest BCUT2D eigenvalue weighted by Gasteiger charge is 2.15. The fourth-order valence-corrected chi connectivity index (χ4v) is 3.08. The van der Waals surface area contributed by atoms with Gasteiger partial charge in [-0.2, -0.15) is 0 Å². The van der Waals surface area contributed by atoms with Gasteiger partial charge in [0.25, 0.3) is 0 Å². The molecule has 0 aliphatic carbocycles. The molecule has 3 heterocycles. The van der Waals surface area contributed by atoms with Crippen molar-refractivity contribution in [1.29, 1.82) is 0 Å². The lowest BCUT2D eigenvalue weighted by Gasteiger charge is -2.05. The van der Waals surface area contributed by atoms with E-state index in [2.05, 4.69) is 25.8 Å². The molecule has 4 aromatic rings. The van der Waals surface area contributed by atoms with Crippen LogP contribution in [0.25, 0.3) is 16.5 Å². The molecule has 26 heavy (non-hydrogen) atoms. The highest BCUT2D eigenvalue weighted by Crippen LogP contribution is 2.26. The number of aryl methyl sites for hydroxylation is 1. The molecule has 0 radical (unpaired) electrons. The first-order chi connectivity index (χ1) is 12.7. The van der Waals surface area contributed by atoms with Crippen LogP contribution in [0.15, 0.2) is 52.5 Å². The summed E-state index contributed by atoms with van der Waals surface area (Å²) in [6.45, 7) is 1.81. The van der Waals surface area contributed by atoms with E-state index in [1.807, 2.05) is 36.6 Å². The molecule has 4 rings (SSSR count). The molecule has 0 saturated heterocycles. The Morgan fingerprint density at radius 2 is 2.12 bits per heavy atom. The van der Waals surface area contributed by atoms with Crippen molar-refractivity contribution in [2.24, 2.45) is 0 Å². The minimum atomic E-state index is -0.158. The van der Waals surface area contributed by atoms with E-state index in [1.165, 1.54) is 11.0 Å². The molecule has 0 fully saturated rings. The number of thiophene rings is 1.